The smallest absolute Gasteiger partial charge is 0.256 e. The van der Waals surface area contributed by atoms with E-state index in [1.807, 2.05) is 0 Å². The Balaban J connectivity index is 2.22. The third-order valence-corrected chi connectivity index (χ3v) is 2.42. The van der Waals surface area contributed by atoms with Gasteiger partial charge in [0.2, 0.25) is 0 Å². The summed E-state index contributed by atoms with van der Waals surface area (Å²) in [6, 6.07) is 6.50. The number of carbonyl (C=O) groups is 1. The summed E-state index contributed by atoms with van der Waals surface area (Å²) in [5, 5.41) is 2.53. The van der Waals surface area contributed by atoms with Crippen molar-refractivity contribution in [2.24, 2.45) is 0 Å². The van der Waals surface area contributed by atoms with E-state index < -0.39 is 17.5 Å². The fourth-order valence-electron chi connectivity index (χ4n) is 1.43. The van der Waals surface area contributed by atoms with E-state index in [9.17, 15) is 13.6 Å². The Morgan fingerprint density at radius 1 is 1.22 bits per heavy atom. The van der Waals surface area contributed by atoms with Crippen LogP contribution in [0.4, 0.5) is 14.6 Å². The van der Waals surface area contributed by atoms with Crippen molar-refractivity contribution in [2.75, 3.05) is 5.32 Å². The molecule has 0 spiro atoms. The summed E-state index contributed by atoms with van der Waals surface area (Å²) in [5.74, 6) is -2.18. The molecule has 18 heavy (non-hydrogen) atoms. The minimum atomic E-state index is -1.06. The quantitative estimate of drug-likeness (QED) is 0.887. The molecule has 5 heteroatoms. The number of anilines is 1. The largest absolute Gasteiger partial charge is 0.306 e. The zero-order chi connectivity index (χ0) is 13.1. The number of nitrogens with one attached hydrogen (secondary N) is 1. The van der Waals surface area contributed by atoms with E-state index >= 15 is 0 Å². The van der Waals surface area contributed by atoms with E-state index in [0.29, 0.717) is 5.82 Å². The Kier molecular flexibility index (Phi) is 3.32. The molecule has 0 unspecified atom stereocenters. The number of nitrogens with zero attached hydrogens (tertiary/aromatic N) is 1. The van der Waals surface area contributed by atoms with Crippen LogP contribution in [-0.2, 0) is 0 Å². The Morgan fingerprint density at radius 2 is 2.00 bits per heavy atom. The lowest BCUT2D eigenvalue weighted by atomic mass is 10.2. The molecule has 2 aromatic rings. The van der Waals surface area contributed by atoms with Crippen LogP contribution in [0, 0.1) is 18.6 Å². The number of rotatable bonds is 2. The van der Waals surface area contributed by atoms with E-state index in [0.717, 1.165) is 17.7 Å². The average molecular weight is 248 g/mol. The fraction of sp³-hybridized carbons (Fsp3) is 0.0769. The summed E-state index contributed by atoms with van der Waals surface area (Å²) in [6.45, 7) is 1.79. The molecular formula is C13H10F2N2O. The van der Waals surface area contributed by atoms with Gasteiger partial charge in [-0.2, -0.15) is 0 Å². The highest BCUT2D eigenvalue weighted by atomic mass is 19.2. The van der Waals surface area contributed by atoms with E-state index in [4.69, 9.17) is 0 Å². The molecule has 0 aliphatic heterocycles. The number of halogens is 2. The van der Waals surface area contributed by atoms with Crippen molar-refractivity contribution >= 4 is 11.7 Å². The molecule has 0 bridgehead atoms. The molecule has 0 radical (unpaired) electrons. The summed E-state index contributed by atoms with van der Waals surface area (Å²) in [4.78, 5) is 15.8. The molecule has 0 aliphatic rings. The maximum absolute atomic E-state index is 13.0. The van der Waals surface area contributed by atoms with E-state index in [2.05, 4.69) is 10.3 Å². The second kappa shape index (κ2) is 4.91. The van der Waals surface area contributed by atoms with Crippen molar-refractivity contribution in [1.82, 2.24) is 4.98 Å². The lowest BCUT2D eigenvalue weighted by Crippen LogP contribution is -2.14. The number of aryl methyl sites for hydroxylation is 1. The summed E-state index contributed by atoms with van der Waals surface area (Å²) >= 11 is 0. The standard InChI is InChI=1S/C13H10F2N2O/c1-8-3-2-6-16-12(8)17-13(18)9-4-5-10(14)11(15)7-9/h2-7H,1H3,(H,16,17,18). The molecule has 1 amide bonds. The van der Waals surface area contributed by atoms with E-state index in [1.54, 1.807) is 19.1 Å². The number of carbonyl (C=O) groups excluding carboxylic acids is 1. The number of hydrogen-bond donors (Lipinski definition) is 1. The lowest BCUT2D eigenvalue weighted by Gasteiger charge is -2.06. The van der Waals surface area contributed by atoms with Crippen molar-refractivity contribution in [3.8, 4) is 0 Å². The molecule has 0 saturated heterocycles. The highest BCUT2D eigenvalue weighted by Crippen LogP contribution is 2.13. The second-order valence-electron chi connectivity index (χ2n) is 3.75. The van der Waals surface area contributed by atoms with Crippen LogP contribution in [0.2, 0.25) is 0 Å². The predicted octanol–water partition coefficient (Wildman–Crippen LogP) is 2.92. The summed E-state index contributed by atoms with van der Waals surface area (Å²) in [5.41, 5.74) is 0.826. The van der Waals surface area contributed by atoms with Crippen LogP contribution in [0.15, 0.2) is 36.5 Å². The van der Waals surface area contributed by atoms with E-state index in [-0.39, 0.29) is 5.56 Å². The van der Waals surface area contributed by atoms with Crippen LogP contribution in [0.25, 0.3) is 0 Å². The predicted molar refractivity (Wildman–Crippen MR) is 63.3 cm³/mol. The number of hydrogen-bond acceptors (Lipinski definition) is 2. The highest BCUT2D eigenvalue weighted by Gasteiger charge is 2.11. The van der Waals surface area contributed by atoms with Crippen molar-refractivity contribution in [3.63, 3.8) is 0 Å². The van der Waals surface area contributed by atoms with Gasteiger partial charge in [0.15, 0.2) is 11.6 Å². The van der Waals surface area contributed by atoms with Gasteiger partial charge < -0.3 is 5.32 Å². The highest BCUT2D eigenvalue weighted by molar-refractivity contribution is 6.04. The van der Waals surface area contributed by atoms with Crippen molar-refractivity contribution in [2.45, 2.75) is 6.92 Å². The molecule has 92 valence electrons. The maximum atomic E-state index is 13.0. The monoisotopic (exact) mass is 248 g/mol. The van der Waals surface area contributed by atoms with Crippen LogP contribution in [0.5, 0.6) is 0 Å². The van der Waals surface area contributed by atoms with E-state index in [1.165, 1.54) is 12.3 Å². The Labute approximate surface area is 102 Å². The normalized spacial score (nSPS) is 10.2. The molecule has 0 atom stereocenters. The molecule has 1 heterocycles. The van der Waals surface area contributed by atoms with Gasteiger partial charge in [-0.1, -0.05) is 6.07 Å². The molecule has 1 N–H and O–H groups in total. The van der Waals surface area contributed by atoms with Crippen LogP contribution < -0.4 is 5.32 Å². The van der Waals surface area contributed by atoms with Gasteiger partial charge in [-0.25, -0.2) is 13.8 Å². The fourth-order valence-corrected chi connectivity index (χ4v) is 1.43. The van der Waals surface area contributed by atoms with Gasteiger partial charge in [0.05, 0.1) is 0 Å². The molecular weight excluding hydrogens is 238 g/mol. The van der Waals surface area contributed by atoms with Crippen molar-refractivity contribution in [1.29, 1.82) is 0 Å². The zero-order valence-corrected chi connectivity index (χ0v) is 9.58. The SMILES string of the molecule is Cc1cccnc1NC(=O)c1ccc(F)c(F)c1. The molecule has 0 aliphatic carbocycles. The van der Waals surface area contributed by atoms with Gasteiger partial charge in [0.25, 0.3) is 5.91 Å². The van der Waals surface area contributed by atoms with Gasteiger partial charge in [-0.15, -0.1) is 0 Å². The van der Waals surface area contributed by atoms with Gasteiger partial charge in [0, 0.05) is 11.8 Å². The van der Waals surface area contributed by atoms with Crippen LogP contribution >= 0.6 is 0 Å². The van der Waals surface area contributed by atoms with Crippen LogP contribution in [0.1, 0.15) is 15.9 Å². The summed E-state index contributed by atoms with van der Waals surface area (Å²) < 4.78 is 25.7. The third kappa shape index (κ3) is 2.51. The summed E-state index contributed by atoms with van der Waals surface area (Å²) in [7, 11) is 0. The maximum Gasteiger partial charge on any atom is 0.256 e. The molecule has 1 aromatic heterocycles. The number of aromatic nitrogens is 1. The van der Waals surface area contributed by atoms with Crippen LogP contribution in [-0.4, -0.2) is 10.9 Å². The first kappa shape index (κ1) is 12.2. The first-order valence-electron chi connectivity index (χ1n) is 5.26. The zero-order valence-electron chi connectivity index (χ0n) is 9.58. The van der Waals surface area contributed by atoms with Crippen molar-refractivity contribution in [3.05, 3.63) is 59.3 Å². The molecule has 1 aromatic carbocycles. The first-order valence-corrected chi connectivity index (χ1v) is 5.26. The lowest BCUT2D eigenvalue weighted by molar-refractivity contribution is 0.102. The van der Waals surface area contributed by atoms with Gasteiger partial charge in [0.1, 0.15) is 5.82 Å². The average Bonchev–Trinajstić information content (AvgIpc) is 2.35. The number of amides is 1. The minimum absolute atomic E-state index is 0.0407. The van der Waals surface area contributed by atoms with Gasteiger partial charge in [-0.05, 0) is 36.8 Å². The van der Waals surface area contributed by atoms with Crippen molar-refractivity contribution < 1.29 is 13.6 Å². The van der Waals surface area contributed by atoms with Crippen LogP contribution in [0.3, 0.4) is 0 Å². The molecule has 3 nitrogen and oxygen atoms in total. The molecule has 0 fully saturated rings. The number of pyridine rings is 1. The minimum Gasteiger partial charge on any atom is -0.306 e. The Morgan fingerprint density at radius 3 is 2.67 bits per heavy atom. The first-order chi connectivity index (χ1) is 8.58. The molecule has 2 rings (SSSR count). The summed E-state index contributed by atoms with van der Waals surface area (Å²) in [6.07, 6.45) is 1.54. The second-order valence-corrected chi connectivity index (χ2v) is 3.75. The third-order valence-electron chi connectivity index (χ3n) is 2.42. The van der Waals surface area contributed by atoms with Gasteiger partial charge >= 0.3 is 0 Å². The van der Waals surface area contributed by atoms with Gasteiger partial charge in [-0.3, -0.25) is 4.79 Å². The topological polar surface area (TPSA) is 42.0 Å². The Bertz CT molecular complexity index is 599. The number of benzene rings is 1. The molecule has 0 saturated carbocycles. The Hall–Kier alpha value is -2.30.